The minimum Gasteiger partial charge on any atom is -0.298 e. The highest BCUT2D eigenvalue weighted by molar-refractivity contribution is 7.89. The summed E-state index contributed by atoms with van der Waals surface area (Å²) in [5.74, 6) is 0. The highest BCUT2D eigenvalue weighted by Crippen LogP contribution is 2.26. The summed E-state index contributed by atoms with van der Waals surface area (Å²) in [5.41, 5.74) is 0. The van der Waals surface area contributed by atoms with Gasteiger partial charge in [0, 0.05) is 32.2 Å². The van der Waals surface area contributed by atoms with Gasteiger partial charge in [-0.3, -0.25) is 4.90 Å². The van der Waals surface area contributed by atoms with Crippen molar-refractivity contribution in [3.05, 3.63) is 42.5 Å². The lowest BCUT2D eigenvalue weighted by Gasteiger charge is -2.39. The molecule has 1 saturated carbocycles. The lowest BCUT2D eigenvalue weighted by atomic mass is 9.95. The van der Waals surface area contributed by atoms with E-state index in [2.05, 4.69) is 4.90 Å². The molecule has 4 nitrogen and oxygen atoms in total. The first-order valence-corrected chi connectivity index (χ1v) is 11.8. The first-order chi connectivity index (χ1) is 13.1. The Hall–Kier alpha value is -1.43. The van der Waals surface area contributed by atoms with Crippen LogP contribution in [-0.2, 0) is 10.0 Å². The Morgan fingerprint density at radius 2 is 1.37 bits per heavy atom. The van der Waals surface area contributed by atoms with E-state index in [1.54, 1.807) is 10.4 Å². The topological polar surface area (TPSA) is 40.6 Å². The average Bonchev–Trinajstić information content (AvgIpc) is 2.67. The smallest absolute Gasteiger partial charge is 0.243 e. The summed E-state index contributed by atoms with van der Waals surface area (Å²) < 4.78 is 27.9. The van der Waals surface area contributed by atoms with Crippen LogP contribution in [0.5, 0.6) is 0 Å². The molecular formula is C22H30N2O2S. The molecule has 2 aliphatic rings. The minimum absolute atomic E-state index is 0.417. The Bertz CT molecular complexity index is 865. The van der Waals surface area contributed by atoms with Gasteiger partial charge in [-0.05, 0) is 35.7 Å². The summed E-state index contributed by atoms with van der Waals surface area (Å²) in [5, 5.41) is 2.05. The van der Waals surface area contributed by atoms with E-state index in [-0.39, 0.29) is 0 Å². The molecule has 1 aliphatic heterocycles. The van der Waals surface area contributed by atoms with E-state index >= 15 is 0 Å². The van der Waals surface area contributed by atoms with Crippen LogP contribution < -0.4 is 0 Å². The fraction of sp³-hybridized carbons (Fsp3) is 0.545. The standard InChI is InChI=1S/C22H30N2O2S/c25-27(26,22-13-12-19-8-6-7-9-20(19)18-22)24-16-14-23(15-17-24)21-10-4-2-1-3-5-11-21/h6-9,12-13,18,21H,1-5,10-11,14-17H2. The maximum atomic E-state index is 13.1. The Kier molecular flexibility index (Phi) is 5.81. The first-order valence-electron chi connectivity index (χ1n) is 10.4. The molecule has 1 heterocycles. The number of hydrogen-bond acceptors (Lipinski definition) is 3. The number of piperazine rings is 1. The van der Waals surface area contributed by atoms with Crippen LogP contribution in [-0.4, -0.2) is 49.8 Å². The zero-order valence-electron chi connectivity index (χ0n) is 16.0. The highest BCUT2D eigenvalue weighted by atomic mass is 32.2. The largest absolute Gasteiger partial charge is 0.298 e. The van der Waals surface area contributed by atoms with Crippen molar-refractivity contribution in [1.82, 2.24) is 9.21 Å². The van der Waals surface area contributed by atoms with E-state index < -0.39 is 10.0 Å². The van der Waals surface area contributed by atoms with Gasteiger partial charge in [0.25, 0.3) is 0 Å². The number of nitrogens with zero attached hydrogens (tertiary/aromatic N) is 2. The number of hydrogen-bond donors (Lipinski definition) is 0. The molecule has 0 atom stereocenters. The third kappa shape index (κ3) is 4.20. The second kappa shape index (κ2) is 8.29. The van der Waals surface area contributed by atoms with Crippen molar-refractivity contribution < 1.29 is 8.42 Å². The number of rotatable bonds is 3. The first kappa shape index (κ1) is 18.9. The van der Waals surface area contributed by atoms with Gasteiger partial charge in [-0.15, -0.1) is 0 Å². The molecule has 2 aromatic rings. The van der Waals surface area contributed by atoms with Gasteiger partial charge in [0.05, 0.1) is 4.90 Å². The van der Waals surface area contributed by atoms with Crippen LogP contribution in [0.25, 0.3) is 10.8 Å². The zero-order valence-corrected chi connectivity index (χ0v) is 16.8. The third-order valence-electron chi connectivity index (χ3n) is 6.22. The number of benzene rings is 2. The van der Waals surface area contributed by atoms with Crippen LogP contribution in [0.2, 0.25) is 0 Å². The molecule has 27 heavy (non-hydrogen) atoms. The van der Waals surface area contributed by atoms with E-state index in [0.717, 1.165) is 23.9 Å². The maximum Gasteiger partial charge on any atom is 0.243 e. The Morgan fingerprint density at radius 3 is 2.07 bits per heavy atom. The van der Waals surface area contributed by atoms with Crippen LogP contribution in [0.3, 0.4) is 0 Å². The Morgan fingerprint density at radius 1 is 0.741 bits per heavy atom. The summed E-state index contributed by atoms with van der Waals surface area (Å²) in [6.45, 7) is 2.92. The molecule has 2 fully saturated rings. The van der Waals surface area contributed by atoms with Gasteiger partial charge in [-0.2, -0.15) is 4.31 Å². The van der Waals surface area contributed by atoms with Crippen molar-refractivity contribution in [2.75, 3.05) is 26.2 Å². The second-order valence-corrected chi connectivity index (χ2v) is 9.89. The molecule has 0 unspecified atom stereocenters. The van der Waals surface area contributed by atoms with Gasteiger partial charge in [-0.25, -0.2) is 8.42 Å². The lowest BCUT2D eigenvalue weighted by molar-refractivity contribution is 0.118. The van der Waals surface area contributed by atoms with Crippen LogP contribution in [0.4, 0.5) is 0 Å². The molecule has 0 N–H and O–H groups in total. The van der Waals surface area contributed by atoms with Crippen LogP contribution in [0.1, 0.15) is 44.9 Å². The summed E-state index contributed by atoms with van der Waals surface area (Å²) in [4.78, 5) is 2.96. The van der Waals surface area contributed by atoms with E-state index in [1.165, 1.54) is 44.9 Å². The molecule has 0 radical (unpaired) electrons. The van der Waals surface area contributed by atoms with Gasteiger partial charge in [0.15, 0.2) is 0 Å². The Balaban J connectivity index is 1.44. The van der Waals surface area contributed by atoms with Crippen molar-refractivity contribution in [2.24, 2.45) is 0 Å². The molecule has 1 saturated heterocycles. The van der Waals surface area contributed by atoms with E-state index in [4.69, 9.17) is 0 Å². The van der Waals surface area contributed by atoms with Crippen molar-refractivity contribution >= 4 is 20.8 Å². The zero-order chi connectivity index (χ0) is 18.7. The summed E-state index contributed by atoms with van der Waals surface area (Å²) in [7, 11) is -3.41. The van der Waals surface area contributed by atoms with Gasteiger partial charge in [0.2, 0.25) is 10.0 Å². The minimum atomic E-state index is -3.41. The van der Waals surface area contributed by atoms with E-state index in [0.29, 0.717) is 24.0 Å². The van der Waals surface area contributed by atoms with Crippen LogP contribution >= 0.6 is 0 Å². The van der Waals surface area contributed by atoms with Crippen molar-refractivity contribution in [3.63, 3.8) is 0 Å². The van der Waals surface area contributed by atoms with Crippen LogP contribution in [0, 0.1) is 0 Å². The van der Waals surface area contributed by atoms with Gasteiger partial charge in [-0.1, -0.05) is 62.4 Å². The van der Waals surface area contributed by atoms with Gasteiger partial charge in [0.1, 0.15) is 0 Å². The third-order valence-corrected chi connectivity index (χ3v) is 8.12. The van der Waals surface area contributed by atoms with Gasteiger partial charge < -0.3 is 0 Å². The monoisotopic (exact) mass is 386 g/mol. The lowest BCUT2D eigenvalue weighted by Crippen LogP contribution is -2.51. The second-order valence-electron chi connectivity index (χ2n) is 7.95. The fourth-order valence-electron chi connectivity index (χ4n) is 4.59. The predicted octanol–water partition coefficient (Wildman–Crippen LogP) is 4.26. The fourth-order valence-corrected chi connectivity index (χ4v) is 6.04. The molecule has 146 valence electrons. The molecule has 4 rings (SSSR count). The molecule has 2 aromatic carbocycles. The molecule has 0 amide bonds. The summed E-state index contributed by atoms with van der Waals surface area (Å²) in [6, 6.07) is 14.0. The van der Waals surface area contributed by atoms with Crippen molar-refractivity contribution in [3.8, 4) is 0 Å². The molecule has 1 aliphatic carbocycles. The molecule has 0 aromatic heterocycles. The van der Waals surface area contributed by atoms with Crippen molar-refractivity contribution in [2.45, 2.75) is 55.9 Å². The highest BCUT2D eigenvalue weighted by Gasteiger charge is 2.31. The Labute approximate surface area is 163 Å². The maximum absolute atomic E-state index is 13.1. The molecule has 0 spiro atoms. The van der Waals surface area contributed by atoms with E-state index in [1.807, 2.05) is 36.4 Å². The molecule has 0 bridgehead atoms. The normalized spacial score (nSPS) is 21.8. The average molecular weight is 387 g/mol. The quantitative estimate of drug-likeness (QED) is 0.791. The summed E-state index contributed by atoms with van der Waals surface area (Å²) >= 11 is 0. The van der Waals surface area contributed by atoms with Crippen LogP contribution in [0.15, 0.2) is 47.4 Å². The summed E-state index contributed by atoms with van der Waals surface area (Å²) in [6.07, 6.45) is 9.28. The number of sulfonamides is 1. The van der Waals surface area contributed by atoms with E-state index in [9.17, 15) is 8.42 Å². The number of fused-ring (bicyclic) bond motifs is 1. The van der Waals surface area contributed by atoms with Crippen molar-refractivity contribution in [1.29, 1.82) is 0 Å². The molecular weight excluding hydrogens is 356 g/mol. The predicted molar refractivity (Wildman–Crippen MR) is 110 cm³/mol. The van der Waals surface area contributed by atoms with Gasteiger partial charge >= 0.3 is 0 Å². The SMILES string of the molecule is O=S(=O)(c1ccc2ccccc2c1)N1CCN(C2CCCCCCC2)CC1. The molecule has 5 heteroatoms.